The molecule has 0 unspecified atom stereocenters. The van der Waals surface area contributed by atoms with E-state index in [9.17, 15) is 9.59 Å². The second-order valence-electron chi connectivity index (χ2n) is 9.24. The summed E-state index contributed by atoms with van der Waals surface area (Å²) in [5, 5.41) is 8.01. The first-order valence-electron chi connectivity index (χ1n) is 11.5. The second kappa shape index (κ2) is 9.25. The molecule has 0 aliphatic carbocycles. The molecule has 2 aromatic heterocycles. The van der Waals surface area contributed by atoms with E-state index in [4.69, 9.17) is 21.7 Å². The summed E-state index contributed by atoms with van der Waals surface area (Å²) in [5.74, 6) is 0.536. The molecule has 1 atom stereocenters. The van der Waals surface area contributed by atoms with Crippen molar-refractivity contribution in [1.29, 1.82) is 0 Å². The number of likely N-dealkylation sites (tertiary alicyclic amines) is 1. The van der Waals surface area contributed by atoms with Crippen LogP contribution in [0.4, 0.5) is 11.5 Å². The van der Waals surface area contributed by atoms with Gasteiger partial charge in [0.2, 0.25) is 5.91 Å². The van der Waals surface area contributed by atoms with Crippen molar-refractivity contribution in [3.8, 4) is 0 Å². The Morgan fingerprint density at radius 3 is 2.56 bits per heavy atom. The van der Waals surface area contributed by atoms with Gasteiger partial charge in [-0.15, -0.1) is 0 Å². The highest BCUT2D eigenvalue weighted by Gasteiger charge is 2.33. The summed E-state index contributed by atoms with van der Waals surface area (Å²) in [6, 6.07) is 5.32. The number of nitrogens with zero attached hydrogens (tertiary/aromatic N) is 5. The molecule has 1 aliphatic rings. The number of rotatable bonds is 4. The molecule has 34 heavy (non-hydrogen) atoms. The van der Waals surface area contributed by atoms with Crippen molar-refractivity contribution in [3.05, 3.63) is 51.3 Å². The Bertz CT molecular complexity index is 1280. The van der Waals surface area contributed by atoms with Gasteiger partial charge in [0.15, 0.2) is 5.65 Å². The number of anilines is 2. The maximum absolute atomic E-state index is 13.8. The molecule has 1 N–H and O–H groups in total. The van der Waals surface area contributed by atoms with Crippen LogP contribution in [0.2, 0.25) is 5.02 Å². The summed E-state index contributed by atoms with van der Waals surface area (Å²) in [6.45, 7) is 7.93. The first kappa shape index (κ1) is 24.0. The van der Waals surface area contributed by atoms with Crippen molar-refractivity contribution in [2.75, 3.05) is 30.9 Å². The highest BCUT2D eigenvalue weighted by Crippen LogP contribution is 2.36. The van der Waals surface area contributed by atoms with Crippen LogP contribution in [0, 0.1) is 20.8 Å². The highest BCUT2D eigenvalue weighted by molar-refractivity contribution is 6.34. The normalized spacial score (nSPS) is 16.1. The number of carbonyl (C=O) groups is 2. The van der Waals surface area contributed by atoms with Crippen LogP contribution in [0.1, 0.15) is 65.1 Å². The molecule has 0 spiro atoms. The zero-order valence-corrected chi connectivity index (χ0v) is 21.3. The van der Waals surface area contributed by atoms with Crippen LogP contribution >= 0.6 is 11.6 Å². The topological polar surface area (TPSA) is 82.8 Å². The van der Waals surface area contributed by atoms with E-state index in [0.717, 1.165) is 53.2 Å². The molecule has 1 aromatic carbocycles. The minimum absolute atomic E-state index is 0.163. The molecule has 0 bridgehead atoms. The summed E-state index contributed by atoms with van der Waals surface area (Å²) < 4.78 is 1.86. The number of hydrogen-bond donors (Lipinski definition) is 1. The summed E-state index contributed by atoms with van der Waals surface area (Å²) in [6.07, 6.45) is 2.71. The predicted molar refractivity (Wildman–Crippen MR) is 135 cm³/mol. The smallest absolute Gasteiger partial charge is 0.256 e. The lowest BCUT2D eigenvalue weighted by molar-refractivity contribution is -0.114. The van der Waals surface area contributed by atoms with E-state index in [-0.39, 0.29) is 17.9 Å². The van der Waals surface area contributed by atoms with Crippen LogP contribution in [0.15, 0.2) is 18.2 Å². The highest BCUT2D eigenvalue weighted by atomic mass is 35.5. The van der Waals surface area contributed by atoms with E-state index in [2.05, 4.69) is 5.32 Å². The van der Waals surface area contributed by atoms with Crippen molar-refractivity contribution in [3.63, 3.8) is 0 Å². The van der Waals surface area contributed by atoms with Gasteiger partial charge in [0.25, 0.3) is 5.91 Å². The SMILES string of the molecule is CC(=O)Nc1c(Cl)cc(C)cc1C(=O)N1CCCC[C@H]1c1cc2nc(C)c(C)c(N(C)C)n2n1. The number of piperidine rings is 1. The van der Waals surface area contributed by atoms with Crippen molar-refractivity contribution < 1.29 is 9.59 Å². The van der Waals surface area contributed by atoms with Gasteiger partial charge in [-0.2, -0.15) is 9.61 Å². The fourth-order valence-electron chi connectivity index (χ4n) is 4.74. The zero-order valence-electron chi connectivity index (χ0n) is 20.6. The van der Waals surface area contributed by atoms with Crippen LogP contribution in [0.25, 0.3) is 5.65 Å². The Hall–Kier alpha value is -3.13. The quantitative estimate of drug-likeness (QED) is 0.582. The summed E-state index contributed by atoms with van der Waals surface area (Å²) >= 11 is 6.43. The molecule has 180 valence electrons. The number of carbonyl (C=O) groups excluding carboxylic acids is 2. The van der Waals surface area contributed by atoms with Gasteiger partial charge < -0.3 is 15.1 Å². The average Bonchev–Trinajstić information content (AvgIpc) is 3.18. The van der Waals surface area contributed by atoms with Gasteiger partial charge >= 0.3 is 0 Å². The Kier molecular flexibility index (Phi) is 6.53. The Morgan fingerprint density at radius 1 is 1.15 bits per heavy atom. The van der Waals surface area contributed by atoms with Crippen LogP contribution in [-0.2, 0) is 4.79 Å². The molecule has 0 saturated carbocycles. The van der Waals surface area contributed by atoms with Crippen molar-refractivity contribution in [2.45, 2.75) is 53.0 Å². The molecule has 1 saturated heterocycles. The average molecular weight is 483 g/mol. The lowest BCUT2D eigenvalue weighted by atomic mass is 9.97. The van der Waals surface area contributed by atoms with E-state index in [1.54, 1.807) is 12.1 Å². The summed E-state index contributed by atoms with van der Waals surface area (Å²) in [7, 11) is 3.98. The largest absolute Gasteiger partial charge is 0.362 e. The Balaban J connectivity index is 1.79. The number of hydrogen-bond acceptors (Lipinski definition) is 5. The van der Waals surface area contributed by atoms with Crippen LogP contribution < -0.4 is 10.2 Å². The number of aryl methyl sites for hydroxylation is 2. The van der Waals surface area contributed by atoms with Crippen molar-refractivity contribution >= 4 is 40.6 Å². The fraction of sp³-hybridized carbons (Fsp3) is 0.440. The molecular formula is C25H31ClN6O2. The van der Waals surface area contributed by atoms with Crippen molar-refractivity contribution in [1.82, 2.24) is 19.5 Å². The van der Waals surface area contributed by atoms with Gasteiger partial charge in [-0.3, -0.25) is 9.59 Å². The number of halogens is 1. The van der Waals surface area contributed by atoms with E-state index in [1.165, 1.54) is 6.92 Å². The van der Waals surface area contributed by atoms with E-state index >= 15 is 0 Å². The minimum Gasteiger partial charge on any atom is -0.362 e. The van der Waals surface area contributed by atoms with Crippen LogP contribution in [0.5, 0.6) is 0 Å². The first-order chi connectivity index (χ1) is 16.1. The number of nitrogens with one attached hydrogen (secondary N) is 1. The zero-order chi connectivity index (χ0) is 24.7. The number of amides is 2. The molecular weight excluding hydrogens is 452 g/mol. The molecule has 1 aliphatic heterocycles. The number of aromatic nitrogens is 3. The molecule has 9 heteroatoms. The maximum atomic E-state index is 13.8. The Labute approximate surface area is 204 Å². The van der Waals surface area contributed by atoms with Gasteiger partial charge in [0.1, 0.15) is 5.82 Å². The fourth-order valence-corrected chi connectivity index (χ4v) is 5.06. The van der Waals surface area contributed by atoms with E-state index in [0.29, 0.717) is 22.8 Å². The lowest BCUT2D eigenvalue weighted by Crippen LogP contribution is -2.39. The first-order valence-corrected chi connectivity index (χ1v) is 11.9. The second-order valence-corrected chi connectivity index (χ2v) is 9.65. The van der Waals surface area contributed by atoms with E-state index in [1.807, 2.05) is 55.2 Å². The molecule has 0 radical (unpaired) electrons. The third-order valence-electron chi connectivity index (χ3n) is 6.37. The molecule has 2 amide bonds. The van der Waals surface area contributed by atoms with Crippen LogP contribution in [0.3, 0.4) is 0 Å². The predicted octanol–water partition coefficient (Wildman–Crippen LogP) is 4.70. The monoisotopic (exact) mass is 482 g/mol. The van der Waals surface area contributed by atoms with Gasteiger partial charge in [-0.25, -0.2) is 4.98 Å². The summed E-state index contributed by atoms with van der Waals surface area (Å²) in [4.78, 5) is 34.3. The van der Waals surface area contributed by atoms with E-state index < -0.39 is 0 Å². The minimum atomic E-state index is -0.275. The molecule has 4 rings (SSSR count). The Morgan fingerprint density at radius 2 is 1.88 bits per heavy atom. The molecule has 3 heterocycles. The third kappa shape index (κ3) is 4.34. The molecule has 8 nitrogen and oxygen atoms in total. The number of benzene rings is 1. The molecule has 1 fully saturated rings. The standard InChI is InChI=1S/C25H31ClN6O2/c1-14-11-18(23(19(26)12-14)28-17(4)33)25(34)31-10-8-7-9-21(31)20-13-22-27-16(3)15(2)24(30(5)6)32(22)29-20/h11-13,21H,7-10H2,1-6H3,(H,28,33)/t21-/m0/s1. The van der Waals surface area contributed by atoms with Gasteiger partial charge in [-0.1, -0.05) is 11.6 Å². The van der Waals surface area contributed by atoms with Gasteiger partial charge in [0.05, 0.1) is 28.0 Å². The maximum Gasteiger partial charge on any atom is 0.256 e. The lowest BCUT2D eigenvalue weighted by Gasteiger charge is -2.35. The number of fused-ring (bicyclic) bond motifs is 1. The third-order valence-corrected chi connectivity index (χ3v) is 6.66. The summed E-state index contributed by atoms with van der Waals surface area (Å²) in [5.41, 5.74) is 5.20. The van der Waals surface area contributed by atoms with Gasteiger partial charge in [-0.05, 0) is 57.7 Å². The van der Waals surface area contributed by atoms with Crippen molar-refractivity contribution in [2.24, 2.45) is 0 Å². The van der Waals surface area contributed by atoms with Gasteiger partial charge in [0, 0.05) is 44.9 Å². The molecule has 3 aromatic rings. The van der Waals surface area contributed by atoms with Crippen LogP contribution in [-0.4, -0.2) is 52.0 Å².